The Labute approximate surface area is 125 Å². The molecule has 1 aliphatic rings. The van der Waals surface area contributed by atoms with Crippen molar-refractivity contribution in [3.05, 3.63) is 29.8 Å². The lowest BCUT2D eigenvalue weighted by molar-refractivity contribution is -0.0499. The van der Waals surface area contributed by atoms with Crippen LogP contribution in [0.1, 0.15) is 31.9 Å². The molecule has 0 unspecified atom stereocenters. The summed E-state index contributed by atoms with van der Waals surface area (Å²) in [5.41, 5.74) is 1.06. The molecular formula is C16H24F2N2O. The highest BCUT2D eigenvalue weighted by molar-refractivity contribution is 5.31. The Balaban J connectivity index is 2.18. The molecule has 1 aromatic carbocycles. The predicted octanol–water partition coefficient (Wildman–Crippen LogP) is 3.28. The number of halogens is 2. The number of piperazine rings is 1. The van der Waals surface area contributed by atoms with Crippen molar-refractivity contribution in [2.75, 3.05) is 26.2 Å². The zero-order valence-electron chi connectivity index (χ0n) is 12.7. The maximum atomic E-state index is 12.4. The predicted molar refractivity (Wildman–Crippen MR) is 79.7 cm³/mol. The van der Waals surface area contributed by atoms with Crippen LogP contribution in [0.2, 0.25) is 0 Å². The van der Waals surface area contributed by atoms with Crippen LogP contribution in [-0.4, -0.2) is 37.7 Å². The summed E-state index contributed by atoms with van der Waals surface area (Å²) in [5.74, 6) is 0.788. The molecule has 1 aromatic rings. The number of nitrogens with one attached hydrogen (secondary N) is 1. The van der Waals surface area contributed by atoms with Crippen LogP contribution in [0, 0.1) is 5.92 Å². The first kappa shape index (κ1) is 16.2. The normalized spacial score (nSPS) is 18.2. The molecule has 1 saturated heterocycles. The first-order valence-corrected chi connectivity index (χ1v) is 7.56. The first-order chi connectivity index (χ1) is 10.1. The third-order valence-electron chi connectivity index (χ3n) is 3.76. The Morgan fingerprint density at radius 2 is 1.95 bits per heavy atom. The lowest BCUT2D eigenvalue weighted by atomic mass is 9.95. The van der Waals surface area contributed by atoms with Crippen LogP contribution >= 0.6 is 0 Å². The Morgan fingerprint density at radius 1 is 1.24 bits per heavy atom. The lowest BCUT2D eigenvalue weighted by Crippen LogP contribution is -2.45. The van der Waals surface area contributed by atoms with Crippen LogP contribution in [0.15, 0.2) is 24.3 Å². The minimum atomic E-state index is -2.78. The van der Waals surface area contributed by atoms with E-state index in [9.17, 15) is 8.78 Å². The fourth-order valence-corrected chi connectivity index (χ4v) is 2.83. The molecular weight excluding hydrogens is 274 g/mol. The zero-order chi connectivity index (χ0) is 15.2. The van der Waals surface area contributed by atoms with Crippen molar-refractivity contribution in [2.24, 2.45) is 5.92 Å². The van der Waals surface area contributed by atoms with Gasteiger partial charge in [-0.2, -0.15) is 8.78 Å². The Bertz CT molecular complexity index is 434. The molecule has 3 nitrogen and oxygen atoms in total. The van der Waals surface area contributed by atoms with Gasteiger partial charge < -0.3 is 10.1 Å². The molecule has 1 fully saturated rings. The molecule has 5 heteroatoms. The van der Waals surface area contributed by atoms with Gasteiger partial charge in [-0.05, 0) is 30.0 Å². The summed E-state index contributed by atoms with van der Waals surface area (Å²) in [6.07, 6.45) is 1.01. The second kappa shape index (κ2) is 7.71. The molecule has 118 valence electrons. The van der Waals surface area contributed by atoms with Crippen molar-refractivity contribution in [2.45, 2.75) is 32.9 Å². The van der Waals surface area contributed by atoms with Gasteiger partial charge in [0.15, 0.2) is 0 Å². The third-order valence-corrected chi connectivity index (χ3v) is 3.76. The first-order valence-electron chi connectivity index (χ1n) is 7.56. The third kappa shape index (κ3) is 4.93. The summed E-state index contributed by atoms with van der Waals surface area (Å²) in [4.78, 5) is 2.43. The van der Waals surface area contributed by atoms with E-state index in [-0.39, 0.29) is 11.8 Å². The number of benzene rings is 1. The Kier molecular flexibility index (Phi) is 5.94. The summed E-state index contributed by atoms with van der Waals surface area (Å²) < 4.78 is 29.3. The van der Waals surface area contributed by atoms with Crippen LogP contribution in [0.4, 0.5) is 8.78 Å². The molecule has 0 amide bonds. The number of hydrogen-bond donors (Lipinski definition) is 1. The summed E-state index contributed by atoms with van der Waals surface area (Å²) in [5, 5.41) is 3.35. The molecule has 0 saturated carbocycles. The topological polar surface area (TPSA) is 24.5 Å². The van der Waals surface area contributed by atoms with E-state index in [0.717, 1.165) is 38.2 Å². The molecule has 0 radical (unpaired) electrons. The van der Waals surface area contributed by atoms with Gasteiger partial charge in [0.1, 0.15) is 5.75 Å². The van der Waals surface area contributed by atoms with E-state index >= 15 is 0 Å². The fraction of sp³-hybridized carbons (Fsp3) is 0.625. The van der Waals surface area contributed by atoms with Crippen LogP contribution in [0.5, 0.6) is 5.75 Å². The van der Waals surface area contributed by atoms with E-state index in [1.165, 1.54) is 0 Å². The lowest BCUT2D eigenvalue weighted by Gasteiger charge is -2.36. The molecule has 0 aromatic heterocycles. The van der Waals surface area contributed by atoms with Gasteiger partial charge in [-0.25, -0.2) is 0 Å². The second-order valence-corrected chi connectivity index (χ2v) is 5.88. The SMILES string of the molecule is CC(C)C[C@H](c1cccc(OC(F)F)c1)N1CCNCC1. The van der Waals surface area contributed by atoms with Gasteiger partial charge in [-0.1, -0.05) is 26.0 Å². The molecule has 0 spiro atoms. The molecule has 1 heterocycles. The average Bonchev–Trinajstić information content (AvgIpc) is 2.45. The maximum Gasteiger partial charge on any atom is 0.387 e. The summed E-state index contributed by atoms with van der Waals surface area (Å²) >= 11 is 0. The Morgan fingerprint density at radius 3 is 2.57 bits per heavy atom. The van der Waals surface area contributed by atoms with Crippen molar-refractivity contribution < 1.29 is 13.5 Å². The molecule has 1 atom stereocenters. The van der Waals surface area contributed by atoms with Gasteiger partial charge in [0, 0.05) is 32.2 Å². The number of ether oxygens (including phenoxy) is 1. The standard InChI is InChI=1S/C16H24F2N2O/c1-12(2)10-15(20-8-6-19-7-9-20)13-4-3-5-14(11-13)21-16(17)18/h3-5,11-12,15-16,19H,6-10H2,1-2H3/t15-/m1/s1. The van der Waals surface area contributed by atoms with E-state index in [1.807, 2.05) is 6.07 Å². The monoisotopic (exact) mass is 298 g/mol. The minimum Gasteiger partial charge on any atom is -0.435 e. The number of nitrogens with zero attached hydrogens (tertiary/aromatic N) is 1. The molecule has 0 aliphatic carbocycles. The zero-order valence-corrected chi connectivity index (χ0v) is 12.7. The number of hydrogen-bond acceptors (Lipinski definition) is 3. The average molecular weight is 298 g/mol. The van der Waals surface area contributed by atoms with Crippen LogP contribution in [0.25, 0.3) is 0 Å². The van der Waals surface area contributed by atoms with Crippen molar-refractivity contribution >= 4 is 0 Å². The molecule has 1 aliphatic heterocycles. The van der Waals surface area contributed by atoms with Crippen molar-refractivity contribution in [1.29, 1.82) is 0 Å². The number of alkyl halides is 2. The Hall–Kier alpha value is -1.20. The van der Waals surface area contributed by atoms with Crippen molar-refractivity contribution in [3.63, 3.8) is 0 Å². The van der Waals surface area contributed by atoms with E-state index in [2.05, 4.69) is 28.8 Å². The molecule has 0 bridgehead atoms. The number of rotatable bonds is 6. The highest BCUT2D eigenvalue weighted by Crippen LogP contribution is 2.30. The summed E-state index contributed by atoms with van der Waals surface area (Å²) in [7, 11) is 0. The molecule has 2 rings (SSSR count). The van der Waals surface area contributed by atoms with Gasteiger partial charge in [-0.15, -0.1) is 0 Å². The largest absolute Gasteiger partial charge is 0.435 e. The smallest absolute Gasteiger partial charge is 0.387 e. The van der Waals surface area contributed by atoms with Crippen molar-refractivity contribution in [3.8, 4) is 5.75 Å². The molecule has 1 N–H and O–H groups in total. The second-order valence-electron chi connectivity index (χ2n) is 5.88. The fourth-order valence-electron chi connectivity index (χ4n) is 2.83. The van der Waals surface area contributed by atoms with Crippen LogP contribution in [0.3, 0.4) is 0 Å². The summed E-state index contributed by atoms with van der Waals surface area (Å²) in [6.45, 7) is 5.52. The quantitative estimate of drug-likeness (QED) is 0.872. The van der Waals surface area contributed by atoms with Crippen LogP contribution < -0.4 is 10.1 Å². The summed E-state index contributed by atoms with van der Waals surface area (Å²) in [6, 6.07) is 7.39. The maximum absolute atomic E-state index is 12.4. The van der Waals surface area contributed by atoms with E-state index in [1.54, 1.807) is 18.2 Å². The van der Waals surface area contributed by atoms with E-state index < -0.39 is 6.61 Å². The highest BCUT2D eigenvalue weighted by Gasteiger charge is 2.23. The van der Waals surface area contributed by atoms with Gasteiger partial charge >= 0.3 is 6.61 Å². The highest BCUT2D eigenvalue weighted by atomic mass is 19.3. The van der Waals surface area contributed by atoms with E-state index in [0.29, 0.717) is 5.92 Å². The van der Waals surface area contributed by atoms with Crippen LogP contribution in [-0.2, 0) is 0 Å². The van der Waals surface area contributed by atoms with E-state index in [4.69, 9.17) is 0 Å². The van der Waals surface area contributed by atoms with Gasteiger partial charge in [0.25, 0.3) is 0 Å². The minimum absolute atomic E-state index is 0.242. The molecule has 21 heavy (non-hydrogen) atoms. The van der Waals surface area contributed by atoms with Crippen molar-refractivity contribution in [1.82, 2.24) is 10.2 Å². The van der Waals surface area contributed by atoms with Gasteiger partial charge in [0.2, 0.25) is 0 Å². The van der Waals surface area contributed by atoms with Gasteiger partial charge in [0.05, 0.1) is 0 Å². The van der Waals surface area contributed by atoms with Gasteiger partial charge in [-0.3, -0.25) is 4.90 Å².